The molecule has 2 saturated heterocycles. The SMILES string of the molecule is CCCN1CCC(CNC(=NC)NCC(c2ccc(OC)cc2)N2CCCCC2)C1.I. The van der Waals surface area contributed by atoms with Gasteiger partial charge in [0.2, 0.25) is 0 Å². The third-order valence-corrected chi connectivity index (χ3v) is 6.49. The van der Waals surface area contributed by atoms with E-state index in [1.54, 1.807) is 7.11 Å². The summed E-state index contributed by atoms with van der Waals surface area (Å²) in [7, 11) is 3.59. The van der Waals surface area contributed by atoms with Crippen LogP contribution in [0.5, 0.6) is 5.75 Å². The van der Waals surface area contributed by atoms with Gasteiger partial charge in [-0.05, 0) is 75.5 Å². The minimum absolute atomic E-state index is 0. The Bertz CT molecular complexity index is 648. The summed E-state index contributed by atoms with van der Waals surface area (Å²) in [6, 6.07) is 8.90. The minimum Gasteiger partial charge on any atom is -0.497 e. The standard InChI is InChI=1S/C24H41N5O.HI/c1-4-13-28-16-12-20(19-28)17-26-24(25-2)27-18-23(29-14-6-5-7-15-29)21-8-10-22(30-3)11-9-21;/h8-11,20,23H,4-7,12-19H2,1-3H3,(H2,25,26,27);1H. The molecule has 2 fully saturated rings. The monoisotopic (exact) mass is 543 g/mol. The van der Waals surface area contributed by atoms with E-state index in [4.69, 9.17) is 4.74 Å². The summed E-state index contributed by atoms with van der Waals surface area (Å²) in [6.45, 7) is 10.1. The first-order valence-electron chi connectivity index (χ1n) is 11.8. The van der Waals surface area contributed by atoms with Crippen LogP contribution in [0.25, 0.3) is 0 Å². The van der Waals surface area contributed by atoms with Gasteiger partial charge in [-0.1, -0.05) is 25.5 Å². The first-order chi connectivity index (χ1) is 14.7. The predicted molar refractivity (Wildman–Crippen MR) is 141 cm³/mol. The molecule has 1 aromatic rings. The van der Waals surface area contributed by atoms with Gasteiger partial charge < -0.3 is 20.3 Å². The average Bonchev–Trinajstić information content (AvgIpc) is 3.25. The van der Waals surface area contributed by atoms with Crippen molar-refractivity contribution in [1.29, 1.82) is 0 Å². The number of halogens is 1. The maximum Gasteiger partial charge on any atom is 0.191 e. The molecule has 0 aliphatic carbocycles. The van der Waals surface area contributed by atoms with Crippen LogP contribution in [0.4, 0.5) is 0 Å². The topological polar surface area (TPSA) is 52.1 Å². The molecule has 2 aliphatic rings. The molecule has 0 aromatic heterocycles. The van der Waals surface area contributed by atoms with E-state index in [-0.39, 0.29) is 24.0 Å². The number of aliphatic imine (C=N–C) groups is 1. The zero-order chi connectivity index (χ0) is 21.2. The lowest BCUT2D eigenvalue weighted by Gasteiger charge is -2.35. The van der Waals surface area contributed by atoms with Crippen molar-refractivity contribution in [2.24, 2.45) is 10.9 Å². The van der Waals surface area contributed by atoms with E-state index < -0.39 is 0 Å². The number of ether oxygens (including phenoxy) is 1. The van der Waals surface area contributed by atoms with Crippen LogP contribution in [-0.4, -0.2) is 75.7 Å². The van der Waals surface area contributed by atoms with Crippen LogP contribution < -0.4 is 15.4 Å². The molecule has 3 rings (SSSR count). The second-order valence-corrected chi connectivity index (χ2v) is 8.67. The van der Waals surface area contributed by atoms with Gasteiger partial charge in [-0.15, -0.1) is 24.0 Å². The second kappa shape index (κ2) is 14.2. The fraction of sp³-hybridized carbons (Fsp3) is 0.708. The lowest BCUT2D eigenvalue weighted by atomic mass is 10.0. The van der Waals surface area contributed by atoms with Crippen molar-refractivity contribution < 1.29 is 4.74 Å². The van der Waals surface area contributed by atoms with Gasteiger partial charge in [0, 0.05) is 26.7 Å². The van der Waals surface area contributed by atoms with Crippen molar-refractivity contribution >= 4 is 29.9 Å². The smallest absolute Gasteiger partial charge is 0.191 e. The van der Waals surface area contributed by atoms with Crippen molar-refractivity contribution in [3.63, 3.8) is 0 Å². The number of benzene rings is 1. The van der Waals surface area contributed by atoms with Crippen LogP contribution in [0.1, 0.15) is 50.6 Å². The lowest BCUT2D eigenvalue weighted by molar-refractivity contribution is 0.164. The van der Waals surface area contributed by atoms with Gasteiger partial charge in [0.15, 0.2) is 5.96 Å². The van der Waals surface area contributed by atoms with Crippen molar-refractivity contribution in [3.05, 3.63) is 29.8 Å². The Balaban J connectivity index is 0.00000341. The van der Waals surface area contributed by atoms with E-state index in [9.17, 15) is 0 Å². The van der Waals surface area contributed by atoms with E-state index in [1.807, 2.05) is 7.05 Å². The molecule has 2 atom stereocenters. The summed E-state index contributed by atoms with van der Waals surface area (Å²) in [6.07, 6.45) is 6.45. The first kappa shape index (κ1) is 26.2. The molecular formula is C24H42IN5O. The normalized spacial score (nSPS) is 21.4. The molecule has 6 nitrogen and oxygen atoms in total. The molecular weight excluding hydrogens is 501 g/mol. The van der Waals surface area contributed by atoms with Gasteiger partial charge in [-0.2, -0.15) is 0 Å². The Morgan fingerprint density at radius 3 is 2.52 bits per heavy atom. The highest BCUT2D eigenvalue weighted by atomic mass is 127. The summed E-state index contributed by atoms with van der Waals surface area (Å²) >= 11 is 0. The maximum absolute atomic E-state index is 5.35. The van der Waals surface area contributed by atoms with Gasteiger partial charge in [-0.25, -0.2) is 0 Å². The number of methoxy groups -OCH3 is 1. The van der Waals surface area contributed by atoms with Gasteiger partial charge in [0.25, 0.3) is 0 Å². The van der Waals surface area contributed by atoms with Crippen LogP contribution in [0.3, 0.4) is 0 Å². The molecule has 2 unspecified atom stereocenters. The second-order valence-electron chi connectivity index (χ2n) is 8.67. The molecule has 0 saturated carbocycles. The van der Waals surface area contributed by atoms with Gasteiger partial charge >= 0.3 is 0 Å². The van der Waals surface area contributed by atoms with E-state index in [0.717, 1.165) is 30.7 Å². The molecule has 0 radical (unpaired) electrons. The largest absolute Gasteiger partial charge is 0.497 e. The molecule has 0 amide bonds. The van der Waals surface area contributed by atoms with E-state index in [0.29, 0.717) is 6.04 Å². The lowest BCUT2D eigenvalue weighted by Crippen LogP contribution is -2.45. The van der Waals surface area contributed by atoms with Crippen molar-refractivity contribution in [2.45, 2.75) is 45.1 Å². The fourth-order valence-corrected chi connectivity index (χ4v) is 4.77. The molecule has 7 heteroatoms. The Labute approximate surface area is 206 Å². The molecule has 2 N–H and O–H groups in total. The maximum atomic E-state index is 5.35. The van der Waals surface area contributed by atoms with Crippen LogP contribution in [0.15, 0.2) is 29.3 Å². The van der Waals surface area contributed by atoms with Crippen LogP contribution in [-0.2, 0) is 0 Å². The number of piperidine rings is 1. The Kier molecular flexibility index (Phi) is 12.0. The van der Waals surface area contributed by atoms with Gasteiger partial charge in [-0.3, -0.25) is 9.89 Å². The first-order valence-corrected chi connectivity index (χ1v) is 11.8. The Morgan fingerprint density at radius 1 is 1.13 bits per heavy atom. The zero-order valence-corrected chi connectivity index (χ0v) is 21.9. The quantitative estimate of drug-likeness (QED) is 0.283. The van der Waals surface area contributed by atoms with E-state index in [1.165, 1.54) is 70.4 Å². The highest BCUT2D eigenvalue weighted by Crippen LogP contribution is 2.26. The number of hydrogen-bond acceptors (Lipinski definition) is 4. The molecule has 2 aliphatic heterocycles. The number of nitrogens with zero attached hydrogens (tertiary/aromatic N) is 3. The molecule has 0 spiro atoms. The summed E-state index contributed by atoms with van der Waals surface area (Å²) in [4.78, 5) is 9.68. The van der Waals surface area contributed by atoms with Crippen LogP contribution in [0, 0.1) is 5.92 Å². The molecule has 1 aromatic carbocycles. The van der Waals surface area contributed by atoms with E-state index >= 15 is 0 Å². The zero-order valence-electron chi connectivity index (χ0n) is 19.6. The number of hydrogen-bond donors (Lipinski definition) is 2. The highest BCUT2D eigenvalue weighted by molar-refractivity contribution is 14.0. The number of guanidine groups is 1. The predicted octanol–water partition coefficient (Wildman–Crippen LogP) is 3.74. The Morgan fingerprint density at radius 2 is 1.87 bits per heavy atom. The number of rotatable bonds is 9. The molecule has 176 valence electrons. The summed E-state index contributed by atoms with van der Waals surface area (Å²) in [5.74, 6) is 2.55. The van der Waals surface area contributed by atoms with E-state index in [2.05, 4.69) is 56.6 Å². The van der Waals surface area contributed by atoms with Crippen LogP contribution >= 0.6 is 24.0 Å². The third-order valence-electron chi connectivity index (χ3n) is 6.49. The van der Waals surface area contributed by atoms with Crippen LogP contribution in [0.2, 0.25) is 0 Å². The highest BCUT2D eigenvalue weighted by Gasteiger charge is 2.24. The van der Waals surface area contributed by atoms with Crippen molar-refractivity contribution in [3.8, 4) is 5.75 Å². The minimum atomic E-state index is 0. The average molecular weight is 544 g/mol. The summed E-state index contributed by atoms with van der Waals surface area (Å²) in [5, 5.41) is 7.18. The number of likely N-dealkylation sites (tertiary alicyclic amines) is 2. The summed E-state index contributed by atoms with van der Waals surface area (Å²) in [5.41, 5.74) is 1.34. The number of nitrogens with one attached hydrogen (secondary N) is 2. The fourth-order valence-electron chi connectivity index (χ4n) is 4.77. The molecule has 2 heterocycles. The van der Waals surface area contributed by atoms with Gasteiger partial charge in [0.05, 0.1) is 13.2 Å². The Hall–Kier alpha value is -1.06. The van der Waals surface area contributed by atoms with Crippen molar-refractivity contribution in [2.75, 3.05) is 60.0 Å². The third kappa shape index (κ3) is 8.09. The molecule has 0 bridgehead atoms. The van der Waals surface area contributed by atoms with Crippen molar-refractivity contribution in [1.82, 2.24) is 20.4 Å². The van der Waals surface area contributed by atoms with Gasteiger partial charge in [0.1, 0.15) is 5.75 Å². The molecule has 31 heavy (non-hydrogen) atoms. The summed E-state index contributed by atoms with van der Waals surface area (Å²) < 4.78 is 5.35.